The molecule has 0 radical (unpaired) electrons. The van der Waals surface area contributed by atoms with E-state index in [9.17, 15) is 4.79 Å². The van der Waals surface area contributed by atoms with Crippen LogP contribution < -0.4 is 10.6 Å². The Balaban J connectivity index is 1.66. The van der Waals surface area contributed by atoms with Gasteiger partial charge in [0.2, 0.25) is 5.91 Å². The van der Waals surface area contributed by atoms with Crippen LogP contribution in [0.5, 0.6) is 0 Å². The predicted molar refractivity (Wildman–Crippen MR) is 85.4 cm³/mol. The van der Waals surface area contributed by atoms with Crippen molar-refractivity contribution in [2.75, 3.05) is 12.4 Å². The smallest absolute Gasteiger partial charge is 0.232 e. The van der Waals surface area contributed by atoms with E-state index in [0.717, 1.165) is 17.7 Å². The third kappa shape index (κ3) is 2.69. The molecule has 1 aliphatic carbocycles. The maximum absolute atomic E-state index is 12.3. The zero-order valence-corrected chi connectivity index (χ0v) is 12.4. The van der Waals surface area contributed by atoms with Crippen LogP contribution in [0.15, 0.2) is 48.5 Å². The van der Waals surface area contributed by atoms with Crippen molar-refractivity contribution in [3.8, 4) is 0 Å². The summed E-state index contributed by atoms with van der Waals surface area (Å²) in [4.78, 5) is 12.3. The normalized spacial score (nSPS) is 17.5. The molecule has 0 saturated carbocycles. The van der Waals surface area contributed by atoms with Crippen LogP contribution in [-0.4, -0.2) is 13.0 Å². The minimum Gasteiger partial charge on any atom is -0.326 e. The number of hydrogen-bond acceptors (Lipinski definition) is 2. The highest BCUT2D eigenvalue weighted by Gasteiger charge is 2.31. The highest BCUT2D eigenvalue weighted by Crippen LogP contribution is 2.35. The van der Waals surface area contributed by atoms with Crippen molar-refractivity contribution in [1.29, 1.82) is 0 Å². The molecule has 3 nitrogen and oxygen atoms in total. The van der Waals surface area contributed by atoms with Gasteiger partial charge in [-0.15, -0.1) is 0 Å². The van der Waals surface area contributed by atoms with E-state index in [1.165, 1.54) is 11.1 Å². The average molecular weight is 280 g/mol. The second-order valence-electron chi connectivity index (χ2n) is 5.58. The van der Waals surface area contributed by atoms with E-state index >= 15 is 0 Å². The van der Waals surface area contributed by atoms with Gasteiger partial charge in [0.25, 0.3) is 0 Å². The highest BCUT2D eigenvalue weighted by atomic mass is 16.1. The maximum atomic E-state index is 12.3. The van der Waals surface area contributed by atoms with Crippen molar-refractivity contribution in [3.63, 3.8) is 0 Å². The van der Waals surface area contributed by atoms with Gasteiger partial charge in [0.15, 0.2) is 0 Å². The fourth-order valence-corrected chi connectivity index (χ4v) is 2.74. The van der Waals surface area contributed by atoms with Gasteiger partial charge in [-0.2, -0.15) is 0 Å². The van der Waals surface area contributed by atoms with Crippen LogP contribution in [0.1, 0.15) is 35.6 Å². The summed E-state index contributed by atoms with van der Waals surface area (Å²) in [6.07, 6.45) is 0.844. The van der Waals surface area contributed by atoms with E-state index < -0.39 is 0 Å². The second kappa shape index (κ2) is 5.70. The van der Waals surface area contributed by atoms with Crippen LogP contribution in [0.2, 0.25) is 0 Å². The maximum Gasteiger partial charge on any atom is 0.232 e. The van der Waals surface area contributed by atoms with Crippen LogP contribution in [0.3, 0.4) is 0 Å². The third-order valence-corrected chi connectivity index (χ3v) is 4.28. The zero-order chi connectivity index (χ0) is 14.8. The molecule has 2 aromatic carbocycles. The van der Waals surface area contributed by atoms with Crippen molar-refractivity contribution in [1.82, 2.24) is 5.32 Å². The SMILES string of the molecule is CNC(C)c1ccc(NC(=O)C2Cc3ccccc32)cc1. The number of rotatable bonds is 4. The first-order chi connectivity index (χ1) is 10.2. The Morgan fingerprint density at radius 2 is 1.86 bits per heavy atom. The van der Waals surface area contributed by atoms with Crippen molar-refractivity contribution in [2.24, 2.45) is 0 Å². The molecule has 0 heterocycles. The number of fused-ring (bicyclic) bond motifs is 1. The van der Waals surface area contributed by atoms with Gasteiger partial charge in [0.05, 0.1) is 5.92 Å². The monoisotopic (exact) mass is 280 g/mol. The van der Waals surface area contributed by atoms with Gasteiger partial charge in [-0.3, -0.25) is 4.79 Å². The van der Waals surface area contributed by atoms with Gasteiger partial charge >= 0.3 is 0 Å². The fraction of sp³-hybridized carbons (Fsp3) is 0.278. The molecule has 2 unspecified atom stereocenters. The van der Waals surface area contributed by atoms with E-state index in [2.05, 4.69) is 23.6 Å². The van der Waals surface area contributed by atoms with Gasteiger partial charge in [0.1, 0.15) is 0 Å². The van der Waals surface area contributed by atoms with E-state index in [0.29, 0.717) is 6.04 Å². The summed E-state index contributed by atoms with van der Waals surface area (Å²) >= 11 is 0. The van der Waals surface area contributed by atoms with Crippen LogP contribution >= 0.6 is 0 Å². The van der Waals surface area contributed by atoms with Gasteiger partial charge in [-0.1, -0.05) is 36.4 Å². The number of anilines is 1. The molecular formula is C18H20N2O. The molecule has 0 spiro atoms. The first-order valence-corrected chi connectivity index (χ1v) is 7.35. The van der Waals surface area contributed by atoms with Crippen LogP contribution in [0.4, 0.5) is 5.69 Å². The number of nitrogens with one attached hydrogen (secondary N) is 2. The third-order valence-electron chi connectivity index (χ3n) is 4.28. The van der Waals surface area contributed by atoms with Crippen molar-refractivity contribution in [2.45, 2.75) is 25.3 Å². The number of amides is 1. The molecule has 1 aliphatic rings. The first kappa shape index (κ1) is 13.8. The highest BCUT2D eigenvalue weighted by molar-refractivity contribution is 5.97. The Bertz CT molecular complexity index is 649. The Hall–Kier alpha value is -2.13. The Morgan fingerprint density at radius 3 is 2.52 bits per heavy atom. The molecule has 2 aromatic rings. The minimum atomic E-state index is -0.00268. The summed E-state index contributed by atoms with van der Waals surface area (Å²) in [5.41, 5.74) is 4.52. The number of benzene rings is 2. The predicted octanol–water partition coefficient (Wildman–Crippen LogP) is 3.25. The number of carbonyl (C=O) groups is 1. The molecule has 21 heavy (non-hydrogen) atoms. The lowest BCUT2D eigenvalue weighted by molar-refractivity contribution is -0.118. The fourth-order valence-electron chi connectivity index (χ4n) is 2.74. The minimum absolute atomic E-state index is 0.00268. The Labute approximate surface area is 125 Å². The second-order valence-corrected chi connectivity index (χ2v) is 5.58. The molecule has 0 fully saturated rings. The van der Waals surface area contributed by atoms with Crippen molar-refractivity contribution in [3.05, 3.63) is 65.2 Å². The molecule has 0 bridgehead atoms. The topological polar surface area (TPSA) is 41.1 Å². The quantitative estimate of drug-likeness (QED) is 0.902. The molecule has 0 aromatic heterocycles. The largest absolute Gasteiger partial charge is 0.326 e. The molecule has 3 rings (SSSR count). The Morgan fingerprint density at radius 1 is 1.14 bits per heavy atom. The van der Waals surface area contributed by atoms with E-state index in [1.807, 2.05) is 49.5 Å². The van der Waals surface area contributed by atoms with Crippen LogP contribution in [0, 0.1) is 0 Å². The zero-order valence-electron chi connectivity index (χ0n) is 12.4. The molecule has 108 valence electrons. The summed E-state index contributed by atoms with van der Waals surface area (Å²) in [6.45, 7) is 2.11. The summed E-state index contributed by atoms with van der Waals surface area (Å²) in [5.74, 6) is 0.0835. The summed E-state index contributed by atoms with van der Waals surface area (Å²) < 4.78 is 0. The first-order valence-electron chi connectivity index (χ1n) is 7.35. The number of hydrogen-bond donors (Lipinski definition) is 2. The van der Waals surface area contributed by atoms with Crippen LogP contribution in [0.25, 0.3) is 0 Å². The van der Waals surface area contributed by atoms with Crippen LogP contribution in [-0.2, 0) is 11.2 Å². The lowest BCUT2D eigenvalue weighted by atomic mass is 9.77. The van der Waals surface area contributed by atoms with Crippen molar-refractivity contribution >= 4 is 11.6 Å². The summed E-state index contributed by atoms with van der Waals surface area (Å²) in [6, 6.07) is 16.5. The average Bonchev–Trinajstić information content (AvgIpc) is 2.48. The molecule has 3 heteroatoms. The molecule has 0 aliphatic heterocycles. The summed E-state index contributed by atoms with van der Waals surface area (Å²) in [7, 11) is 1.94. The molecule has 1 amide bonds. The van der Waals surface area contributed by atoms with E-state index in [-0.39, 0.29) is 11.8 Å². The lowest BCUT2D eigenvalue weighted by Gasteiger charge is -2.28. The van der Waals surface area contributed by atoms with Gasteiger partial charge in [0, 0.05) is 11.7 Å². The number of carbonyl (C=O) groups excluding carboxylic acids is 1. The molecule has 2 atom stereocenters. The van der Waals surface area contributed by atoms with E-state index in [1.54, 1.807) is 0 Å². The lowest BCUT2D eigenvalue weighted by Crippen LogP contribution is -2.30. The molecule has 2 N–H and O–H groups in total. The van der Waals surface area contributed by atoms with Gasteiger partial charge in [-0.05, 0) is 49.2 Å². The molecule has 0 saturated heterocycles. The van der Waals surface area contributed by atoms with E-state index in [4.69, 9.17) is 0 Å². The standard InChI is InChI=1S/C18H20N2O/c1-12(19-2)13-7-9-15(10-8-13)20-18(21)17-11-14-5-3-4-6-16(14)17/h3-10,12,17,19H,11H2,1-2H3,(H,20,21). The Kier molecular flexibility index (Phi) is 3.76. The molecular weight excluding hydrogens is 260 g/mol. The summed E-state index contributed by atoms with van der Waals surface area (Å²) in [5, 5.41) is 6.21. The van der Waals surface area contributed by atoms with Gasteiger partial charge < -0.3 is 10.6 Å². The van der Waals surface area contributed by atoms with Gasteiger partial charge in [-0.25, -0.2) is 0 Å². The van der Waals surface area contributed by atoms with Crippen molar-refractivity contribution < 1.29 is 4.79 Å².